The molecule has 0 atom stereocenters. The van der Waals surface area contributed by atoms with Crippen molar-refractivity contribution in [3.63, 3.8) is 0 Å². The quantitative estimate of drug-likeness (QED) is 0.493. The first kappa shape index (κ1) is 24.3. The molecule has 1 fully saturated rings. The zero-order valence-corrected chi connectivity index (χ0v) is 20.5. The van der Waals surface area contributed by atoms with E-state index in [1.54, 1.807) is 37.3 Å². The fourth-order valence-electron chi connectivity index (χ4n) is 4.37. The lowest BCUT2D eigenvalue weighted by Gasteiger charge is -2.42. The monoisotopic (exact) mass is 478 g/mol. The zero-order chi connectivity index (χ0) is 24.8. The zero-order valence-electron chi connectivity index (χ0n) is 20.5. The Labute approximate surface area is 205 Å². The van der Waals surface area contributed by atoms with Crippen LogP contribution in [0.5, 0.6) is 5.75 Å². The van der Waals surface area contributed by atoms with Gasteiger partial charge < -0.3 is 15.0 Å². The van der Waals surface area contributed by atoms with Crippen LogP contribution in [0.15, 0.2) is 49.1 Å². The van der Waals surface area contributed by atoms with Gasteiger partial charge in [-0.05, 0) is 31.0 Å². The van der Waals surface area contributed by atoms with Gasteiger partial charge in [0.1, 0.15) is 25.2 Å². The van der Waals surface area contributed by atoms with Gasteiger partial charge in [0, 0.05) is 37.6 Å². The number of piperazine rings is 1. The lowest BCUT2D eigenvalue weighted by molar-refractivity contribution is -0.130. The topological polar surface area (TPSA) is 102 Å². The number of aryl methyl sites for hydroxylation is 1. The van der Waals surface area contributed by atoms with E-state index in [1.807, 2.05) is 42.2 Å². The Bertz CT molecular complexity index is 1150. The number of quaternary nitrogens is 1. The number of carbonyl (C=O) groups is 2. The largest absolute Gasteiger partial charge is 0.497 e. The van der Waals surface area contributed by atoms with Crippen LogP contribution in [0.3, 0.4) is 0 Å². The van der Waals surface area contributed by atoms with Gasteiger partial charge in [0.25, 0.3) is 5.91 Å². The number of rotatable bonds is 8. The number of benzene rings is 1. The minimum atomic E-state index is -0.0461. The molecule has 1 aliphatic rings. The molecule has 1 aliphatic heterocycles. The molecule has 2 aromatic heterocycles. The molecule has 10 heteroatoms. The van der Waals surface area contributed by atoms with E-state index in [1.165, 1.54) is 0 Å². The van der Waals surface area contributed by atoms with E-state index in [9.17, 15) is 9.59 Å². The van der Waals surface area contributed by atoms with Crippen molar-refractivity contribution in [2.75, 3.05) is 46.4 Å². The number of amides is 2. The van der Waals surface area contributed by atoms with Crippen molar-refractivity contribution in [3.8, 4) is 11.7 Å². The van der Waals surface area contributed by atoms with Gasteiger partial charge in [-0.2, -0.15) is 4.98 Å². The van der Waals surface area contributed by atoms with Crippen molar-refractivity contribution in [2.24, 2.45) is 0 Å². The molecule has 184 valence electrons. The molecule has 10 nitrogen and oxygen atoms in total. The summed E-state index contributed by atoms with van der Waals surface area (Å²) in [5, 5.41) is 3.07. The molecule has 3 heterocycles. The number of carbonyl (C=O) groups excluding carboxylic acids is 2. The van der Waals surface area contributed by atoms with Crippen LogP contribution in [0.4, 0.5) is 5.82 Å². The van der Waals surface area contributed by atoms with Crippen molar-refractivity contribution in [3.05, 3.63) is 60.3 Å². The summed E-state index contributed by atoms with van der Waals surface area (Å²) in [6, 6.07) is 9.78. The minimum absolute atomic E-state index is 0.0460. The summed E-state index contributed by atoms with van der Waals surface area (Å²) in [6.45, 7) is 6.62. The third-order valence-corrected chi connectivity index (χ3v) is 6.43. The molecule has 0 radical (unpaired) electrons. The highest BCUT2D eigenvalue weighted by molar-refractivity contribution is 5.80. The van der Waals surface area contributed by atoms with Crippen LogP contribution in [0.1, 0.15) is 18.2 Å². The molecule has 0 bridgehead atoms. The molecule has 2 amide bonds. The molecule has 0 aliphatic carbocycles. The Morgan fingerprint density at radius 1 is 1.14 bits per heavy atom. The predicted octanol–water partition coefficient (Wildman–Crippen LogP) is 1.51. The maximum Gasteiger partial charge on any atom is 0.275 e. The maximum absolute atomic E-state index is 13.1. The second-order valence-electron chi connectivity index (χ2n) is 8.84. The Hall–Kier alpha value is -3.79. The summed E-state index contributed by atoms with van der Waals surface area (Å²) < 4.78 is 7.32. The van der Waals surface area contributed by atoms with Crippen LogP contribution in [0, 0.1) is 6.92 Å². The third-order valence-electron chi connectivity index (χ3n) is 6.43. The second-order valence-corrected chi connectivity index (χ2v) is 8.84. The summed E-state index contributed by atoms with van der Waals surface area (Å²) in [5.41, 5.74) is 1.94. The number of nitrogens with one attached hydrogen (secondary N) is 1. The number of methoxy groups -OCH3 is 1. The van der Waals surface area contributed by atoms with Gasteiger partial charge >= 0.3 is 0 Å². The van der Waals surface area contributed by atoms with Crippen molar-refractivity contribution in [1.29, 1.82) is 0 Å². The number of hydrogen-bond acceptors (Lipinski definition) is 6. The molecule has 1 aromatic carbocycles. The van der Waals surface area contributed by atoms with Crippen molar-refractivity contribution in [2.45, 2.75) is 20.3 Å². The smallest absolute Gasteiger partial charge is 0.275 e. The fourth-order valence-corrected chi connectivity index (χ4v) is 4.37. The van der Waals surface area contributed by atoms with Gasteiger partial charge in [-0.15, -0.1) is 0 Å². The number of imidazole rings is 1. The fraction of sp³-hybridized carbons (Fsp3) is 0.400. The lowest BCUT2D eigenvalue weighted by Crippen LogP contribution is -2.64. The summed E-state index contributed by atoms with van der Waals surface area (Å²) in [5.74, 6) is 2.10. The molecule has 4 rings (SSSR count). The van der Waals surface area contributed by atoms with E-state index in [0.717, 1.165) is 29.2 Å². The highest BCUT2D eigenvalue weighted by Gasteiger charge is 2.39. The number of hydrogen-bond donors (Lipinski definition) is 1. The van der Waals surface area contributed by atoms with Crippen LogP contribution in [0.25, 0.3) is 5.95 Å². The molecule has 1 N–H and O–H groups in total. The molecule has 3 aromatic rings. The van der Waals surface area contributed by atoms with E-state index >= 15 is 0 Å². The van der Waals surface area contributed by atoms with Crippen LogP contribution in [-0.2, 0) is 16.0 Å². The molecule has 0 spiro atoms. The van der Waals surface area contributed by atoms with Crippen LogP contribution < -0.4 is 14.5 Å². The third kappa shape index (κ3) is 5.83. The van der Waals surface area contributed by atoms with Crippen molar-refractivity contribution >= 4 is 17.6 Å². The lowest BCUT2D eigenvalue weighted by atomic mass is 10.1. The minimum Gasteiger partial charge on any atom is -0.497 e. The normalized spacial score (nSPS) is 15.0. The highest BCUT2D eigenvalue weighted by Crippen LogP contribution is 2.25. The Balaban J connectivity index is 1.50. The van der Waals surface area contributed by atoms with E-state index in [0.29, 0.717) is 43.2 Å². The van der Waals surface area contributed by atoms with E-state index < -0.39 is 0 Å². The van der Waals surface area contributed by atoms with Gasteiger partial charge in [0.15, 0.2) is 6.54 Å². The van der Waals surface area contributed by atoms with Gasteiger partial charge in [-0.25, -0.2) is 9.97 Å². The summed E-state index contributed by atoms with van der Waals surface area (Å²) in [6.07, 6.45) is 5.85. The molecule has 0 unspecified atom stereocenters. The summed E-state index contributed by atoms with van der Waals surface area (Å²) in [7, 11) is 1.64. The van der Waals surface area contributed by atoms with Gasteiger partial charge in [-0.1, -0.05) is 12.1 Å². The predicted molar refractivity (Wildman–Crippen MR) is 132 cm³/mol. The molecular weight excluding hydrogens is 446 g/mol. The van der Waals surface area contributed by atoms with E-state index in [-0.39, 0.29) is 18.4 Å². The molecule has 35 heavy (non-hydrogen) atoms. The molecule has 1 saturated heterocycles. The van der Waals surface area contributed by atoms with Gasteiger partial charge in [0.2, 0.25) is 17.7 Å². The van der Waals surface area contributed by atoms with Crippen LogP contribution >= 0.6 is 0 Å². The standard InChI is InChI=1S/C25H31N7O3/c1-19-16-23(29-25(28-19)31-11-10-26-18-31)32(14-12-30(13-15-32)20(2)33)17-24(34)27-9-8-21-4-6-22(35-3)7-5-21/h4-7,10-11,16,18H,8-9,12-15,17H2,1-3H3/p+1. The molecular formula is C25H32N7O3+. The first-order valence-electron chi connectivity index (χ1n) is 11.7. The Morgan fingerprint density at radius 2 is 1.89 bits per heavy atom. The van der Waals surface area contributed by atoms with E-state index in [4.69, 9.17) is 9.72 Å². The molecule has 0 saturated carbocycles. The van der Waals surface area contributed by atoms with Gasteiger partial charge in [0.05, 0.1) is 20.2 Å². The summed E-state index contributed by atoms with van der Waals surface area (Å²) in [4.78, 5) is 40.3. The summed E-state index contributed by atoms with van der Waals surface area (Å²) >= 11 is 0. The SMILES string of the molecule is COc1ccc(CCNC(=O)C[N+]2(c3cc(C)nc(-n4ccnc4)n3)CCN(C(C)=O)CC2)cc1. The average molecular weight is 479 g/mol. The first-order chi connectivity index (χ1) is 16.9. The first-order valence-corrected chi connectivity index (χ1v) is 11.7. The number of ether oxygens (including phenoxy) is 1. The highest BCUT2D eigenvalue weighted by atomic mass is 16.5. The van der Waals surface area contributed by atoms with Crippen LogP contribution in [-0.4, -0.2) is 82.6 Å². The van der Waals surface area contributed by atoms with Gasteiger partial charge in [-0.3, -0.25) is 18.6 Å². The second kappa shape index (κ2) is 10.6. The van der Waals surface area contributed by atoms with Crippen molar-refractivity contribution < 1.29 is 14.3 Å². The van der Waals surface area contributed by atoms with Crippen LogP contribution in [0.2, 0.25) is 0 Å². The Kier molecular flexibility index (Phi) is 7.40. The van der Waals surface area contributed by atoms with Crippen molar-refractivity contribution in [1.82, 2.24) is 34.2 Å². The maximum atomic E-state index is 13.1. The van der Waals surface area contributed by atoms with E-state index in [2.05, 4.69) is 15.3 Å². The Morgan fingerprint density at radius 3 is 2.51 bits per heavy atom. The number of aromatic nitrogens is 4. The average Bonchev–Trinajstić information content (AvgIpc) is 3.40. The number of nitrogens with zero attached hydrogens (tertiary/aromatic N) is 6.